The van der Waals surface area contributed by atoms with E-state index >= 15 is 0 Å². The number of hydrogen-bond donors (Lipinski definition) is 0. The lowest BCUT2D eigenvalue weighted by Gasteiger charge is -2.19. The van der Waals surface area contributed by atoms with Crippen LogP contribution < -0.4 is 14.2 Å². The van der Waals surface area contributed by atoms with Gasteiger partial charge in [-0.2, -0.15) is 9.97 Å². The SMILES string of the molecule is CCCCOc1nc(OCCCC)c(C(C)C)c(Oc2cc(C)cc(C)c2C)n1. The van der Waals surface area contributed by atoms with Crippen LogP contribution in [0.5, 0.6) is 23.5 Å². The molecular weight excluding hydrogens is 364 g/mol. The molecule has 5 nitrogen and oxygen atoms in total. The predicted octanol–water partition coefficient (Wildman–Crippen LogP) is 6.68. The van der Waals surface area contributed by atoms with E-state index < -0.39 is 0 Å². The fourth-order valence-corrected chi connectivity index (χ4v) is 2.99. The summed E-state index contributed by atoms with van der Waals surface area (Å²) in [6, 6.07) is 4.51. The first-order chi connectivity index (χ1) is 13.9. The summed E-state index contributed by atoms with van der Waals surface area (Å²) in [6.45, 7) is 15.9. The van der Waals surface area contributed by atoms with Gasteiger partial charge < -0.3 is 14.2 Å². The van der Waals surface area contributed by atoms with Gasteiger partial charge in [0.25, 0.3) is 0 Å². The predicted molar refractivity (Wildman–Crippen MR) is 118 cm³/mol. The van der Waals surface area contributed by atoms with Gasteiger partial charge in [-0.25, -0.2) is 0 Å². The minimum atomic E-state index is 0.150. The highest BCUT2D eigenvalue weighted by Gasteiger charge is 2.22. The molecule has 0 saturated carbocycles. The normalized spacial score (nSPS) is 11.0. The summed E-state index contributed by atoms with van der Waals surface area (Å²) in [5.74, 6) is 2.03. The van der Waals surface area contributed by atoms with Gasteiger partial charge >= 0.3 is 6.01 Å². The first-order valence-corrected chi connectivity index (χ1v) is 10.8. The van der Waals surface area contributed by atoms with Crippen LogP contribution in [0.3, 0.4) is 0 Å². The Bertz CT molecular complexity index is 803. The molecule has 0 unspecified atom stereocenters. The molecule has 0 N–H and O–H groups in total. The molecule has 0 aliphatic carbocycles. The molecule has 29 heavy (non-hydrogen) atoms. The third-order valence-corrected chi connectivity index (χ3v) is 4.87. The van der Waals surface area contributed by atoms with Gasteiger partial charge in [0.15, 0.2) is 0 Å². The van der Waals surface area contributed by atoms with Crippen molar-refractivity contribution < 1.29 is 14.2 Å². The Morgan fingerprint density at radius 1 is 0.862 bits per heavy atom. The van der Waals surface area contributed by atoms with Crippen molar-refractivity contribution in [3.05, 3.63) is 34.4 Å². The van der Waals surface area contributed by atoms with Crippen molar-refractivity contribution in [1.29, 1.82) is 0 Å². The zero-order valence-electron chi connectivity index (χ0n) is 19.1. The number of aromatic nitrogens is 2. The molecular formula is C24H36N2O3. The van der Waals surface area contributed by atoms with Gasteiger partial charge in [0, 0.05) is 0 Å². The summed E-state index contributed by atoms with van der Waals surface area (Å²) in [5, 5.41) is 0. The first kappa shape index (κ1) is 23.0. The molecule has 0 fully saturated rings. The number of rotatable bonds is 11. The van der Waals surface area contributed by atoms with E-state index in [-0.39, 0.29) is 5.92 Å². The molecule has 1 heterocycles. The summed E-state index contributed by atoms with van der Waals surface area (Å²) >= 11 is 0. The van der Waals surface area contributed by atoms with Crippen LogP contribution in [0.4, 0.5) is 0 Å². The van der Waals surface area contributed by atoms with Crippen LogP contribution in [0, 0.1) is 20.8 Å². The molecule has 2 aromatic rings. The van der Waals surface area contributed by atoms with Gasteiger partial charge in [-0.05, 0) is 62.3 Å². The minimum absolute atomic E-state index is 0.150. The number of nitrogens with zero attached hydrogens (tertiary/aromatic N) is 2. The highest BCUT2D eigenvalue weighted by Crippen LogP contribution is 2.38. The fraction of sp³-hybridized carbons (Fsp3) is 0.583. The van der Waals surface area contributed by atoms with Gasteiger partial charge in [-0.15, -0.1) is 0 Å². The zero-order chi connectivity index (χ0) is 21.4. The highest BCUT2D eigenvalue weighted by molar-refractivity contribution is 5.47. The Morgan fingerprint density at radius 2 is 1.48 bits per heavy atom. The Kier molecular flexibility index (Phi) is 8.74. The van der Waals surface area contributed by atoms with E-state index in [4.69, 9.17) is 14.2 Å². The summed E-state index contributed by atoms with van der Waals surface area (Å²) in [5.41, 5.74) is 4.33. The third-order valence-electron chi connectivity index (χ3n) is 4.87. The molecule has 0 saturated heterocycles. The number of unbranched alkanes of at least 4 members (excludes halogenated alkanes) is 2. The van der Waals surface area contributed by atoms with Crippen LogP contribution in [0.1, 0.15) is 81.5 Å². The summed E-state index contributed by atoms with van der Waals surface area (Å²) in [6.07, 6.45) is 4.04. The number of ether oxygens (including phenoxy) is 3. The molecule has 0 bridgehead atoms. The molecule has 0 aliphatic rings. The number of aryl methyl sites for hydroxylation is 2. The van der Waals surface area contributed by atoms with E-state index in [1.165, 1.54) is 5.56 Å². The Hall–Kier alpha value is -2.30. The van der Waals surface area contributed by atoms with Crippen molar-refractivity contribution in [3.63, 3.8) is 0 Å². The Balaban J connectivity index is 2.48. The van der Waals surface area contributed by atoms with Gasteiger partial charge in [0.2, 0.25) is 11.8 Å². The number of benzene rings is 1. The highest BCUT2D eigenvalue weighted by atomic mass is 16.5. The molecule has 160 valence electrons. The average Bonchev–Trinajstić information content (AvgIpc) is 2.65. The molecule has 5 heteroatoms. The second-order valence-corrected chi connectivity index (χ2v) is 7.90. The maximum atomic E-state index is 6.35. The topological polar surface area (TPSA) is 53.5 Å². The Labute approximate surface area is 175 Å². The largest absolute Gasteiger partial charge is 0.477 e. The van der Waals surface area contributed by atoms with E-state index in [1.54, 1.807) is 0 Å². The maximum absolute atomic E-state index is 6.35. The van der Waals surface area contributed by atoms with E-state index in [0.29, 0.717) is 31.0 Å². The second-order valence-electron chi connectivity index (χ2n) is 7.90. The molecule has 0 atom stereocenters. The number of hydrogen-bond acceptors (Lipinski definition) is 5. The zero-order valence-corrected chi connectivity index (χ0v) is 19.1. The fourth-order valence-electron chi connectivity index (χ4n) is 2.99. The monoisotopic (exact) mass is 400 g/mol. The second kappa shape index (κ2) is 11.0. The first-order valence-electron chi connectivity index (χ1n) is 10.8. The van der Waals surface area contributed by atoms with Gasteiger partial charge in [-0.3, -0.25) is 0 Å². The standard InChI is InChI=1S/C24H36N2O3/c1-8-10-12-27-22-21(16(3)4)23(26-24(25-22)28-13-11-9-2)29-20-15-17(5)14-18(6)19(20)7/h14-16H,8-13H2,1-7H3. The van der Waals surface area contributed by atoms with E-state index in [2.05, 4.69) is 64.5 Å². The summed E-state index contributed by atoms with van der Waals surface area (Å²) in [4.78, 5) is 9.18. The maximum Gasteiger partial charge on any atom is 0.323 e. The van der Waals surface area contributed by atoms with Crippen LogP contribution in [0.2, 0.25) is 0 Å². The molecule has 1 aromatic carbocycles. The van der Waals surface area contributed by atoms with Gasteiger partial charge in [0.1, 0.15) is 5.75 Å². The van der Waals surface area contributed by atoms with Crippen LogP contribution in [-0.2, 0) is 0 Å². The van der Waals surface area contributed by atoms with Crippen molar-refractivity contribution in [2.75, 3.05) is 13.2 Å². The summed E-state index contributed by atoms with van der Waals surface area (Å²) < 4.78 is 18.2. The molecule has 0 aliphatic heterocycles. The van der Waals surface area contributed by atoms with Crippen molar-refractivity contribution in [1.82, 2.24) is 9.97 Å². The Morgan fingerprint density at radius 3 is 2.10 bits per heavy atom. The van der Waals surface area contributed by atoms with Crippen molar-refractivity contribution in [2.45, 2.75) is 80.1 Å². The van der Waals surface area contributed by atoms with Crippen LogP contribution in [-0.4, -0.2) is 23.2 Å². The van der Waals surface area contributed by atoms with Crippen LogP contribution in [0.15, 0.2) is 12.1 Å². The molecule has 2 rings (SSSR count). The minimum Gasteiger partial charge on any atom is -0.477 e. The quantitative estimate of drug-likeness (QED) is 0.394. The van der Waals surface area contributed by atoms with Crippen LogP contribution in [0.25, 0.3) is 0 Å². The average molecular weight is 401 g/mol. The molecule has 0 radical (unpaired) electrons. The lowest BCUT2D eigenvalue weighted by Crippen LogP contribution is -2.10. The van der Waals surface area contributed by atoms with E-state index in [9.17, 15) is 0 Å². The molecule has 1 aromatic heterocycles. The lowest BCUT2D eigenvalue weighted by molar-refractivity contribution is 0.255. The van der Waals surface area contributed by atoms with Crippen LogP contribution >= 0.6 is 0 Å². The lowest BCUT2D eigenvalue weighted by atomic mass is 10.0. The van der Waals surface area contributed by atoms with Crippen molar-refractivity contribution in [2.24, 2.45) is 0 Å². The van der Waals surface area contributed by atoms with Gasteiger partial charge in [-0.1, -0.05) is 46.6 Å². The summed E-state index contributed by atoms with van der Waals surface area (Å²) in [7, 11) is 0. The van der Waals surface area contributed by atoms with E-state index in [1.807, 2.05) is 6.07 Å². The smallest absolute Gasteiger partial charge is 0.323 e. The van der Waals surface area contributed by atoms with Crippen molar-refractivity contribution >= 4 is 0 Å². The molecule has 0 spiro atoms. The molecule has 0 amide bonds. The van der Waals surface area contributed by atoms with Crippen molar-refractivity contribution in [3.8, 4) is 23.5 Å². The third kappa shape index (κ3) is 6.34. The van der Waals surface area contributed by atoms with Gasteiger partial charge in [0.05, 0.1) is 18.8 Å². The van der Waals surface area contributed by atoms with E-state index in [0.717, 1.165) is 48.1 Å².